The Morgan fingerprint density at radius 1 is 1.03 bits per heavy atom. The molecule has 1 aliphatic rings. The summed E-state index contributed by atoms with van der Waals surface area (Å²) in [7, 11) is 1.62. The molecular weight excluding hydrogens is 392 g/mol. The summed E-state index contributed by atoms with van der Waals surface area (Å²) in [5.41, 5.74) is 2.00. The Bertz CT molecular complexity index is 1010. The van der Waals surface area contributed by atoms with E-state index in [1.54, 1.807) is 26.4 Å². The first kappa shape index (κ1) is 20.7. The average Bonchev–Trinajstić information content (AvgIpc) is 2.81. The van der Waals surface area contributed by atoms with Crippen molar-refractivity contribution in [3.05, 3.63) is 66.5 Å². The van der Waals surface area contributed by atoms with Crippen molar-refractivity contribution in [2.75, 3.05) is 25.5 Å². The molecular formula is C24H26N4O3. The normalized spacial score (nSPS) is 14.2. The van der Waals surface area contributed by atoms with E-state index in [1.807, 2.05) is 47.4 Å². The Morgan fingerprint density at radius 3 is 2.42 bits per heavy atom. The fourth-order valence-electron chi connectivity index (χ4n) is 3.75. The van der Waals surface area contributed by atoms with Crippen molar-refractivity contribution in [2.24, 2.45) is 0 Å². The topological polar surface area (TPSA) is 76.6 Å². The maximum atomic E-state index is 11.6. The number of carbonyl (C=O) groups is 1. The van der Waals surface area contributed by atoms with Gasteiger partial charge in [0.15, 0.2) is 0 Å². The number of methoxy groups -OCH3 is 1. The molecule has 160 valence electrons. The van der Waals surface area contributed by atoms with E-state index in [4.69, 9.17) is 9.47 Å². The summed E-state index contributed by atoms with van der Waals surface area (Å²) in [6, 6.07) is 15.4. The lowest BCUT2D eigenvalue weighted by Crippen LogP contribution is -2.36. The SMILES string of the molecule is COc1ccc(Nc2ccc(Oc3ncccc3C3CCN(C(C)=O)CC3)cc2)nc1. The first-order chi connectivity index (χ1) is 15.1. The van der Waals surface area contributed by atoms with Gasteiger partial charge < -0.3 is 19.7 Å². The summed E-state index contributed by atoms with van der Waals surface area (Å²) in [5.74, 6) is 3.27. The second kappa shape index (κ2) is 9.47. The zero-order valence-corrected chi connectivity index (χ0v) is 17.7. The molecule has 1 amide bonds. The average molecular weight is 418 g/mol. The molecule has 0 unspecified atom stereocenters. The first-order valence-corrected chi connectivity index (χ1v) is 10.4. The number of hydrogen-bond acceptors (Lipinski definition) is 6. The highest BCUT2D eigenvalue weighted by Gasteiger charge is 2.24. The van der Waals surface area contributed by atoms with Gasteiger partial charge >= 0.3 is 0 Å². The number of piperidine rings is 1. The zero-order chi connectivity index (χ0) is 21.6. The summed E-state index contributed by atoms with van der Waals surface area (Å²) in [6.45, 7) is 3.17. The maximum Gasteiger partial charge on any atom is 0.222 e. The maximum absolute atomic E-state index is 11.6. The number of anilines is 2. The van der Waals surface area contributed by atoms with Gasteiger partial charge in [0.1, 0.15) is 17.3 Å². The largest absolute Gasteiger partial charge is 0.495 e. The van der Waals surface area contributed by atoms with Gasteiger partial charge in [-0.1, -0.05) is 6.07 Å². The molecule has 0 saturated carbocycles. The van der Waals surface area contributed by atoms with Crippen molar-refractivity contribution in [3.63, 3.8) is 0 Å². The molecule has 0 radical (unpaired) electrons. The first-order valence-electron chi connectivity index (χ1n) is 10.4. The van der Waals surface area contributed by atoms with Crippen LogP contribution in [0.5, 0.6) is 17.4 Å². The molecule has 1 saturated heterocycles. The molecule has 0 aliphatic carbocycles. The second-order valence-electron chi connectivity index (χ2n) is 7.51. The minimum Gasteiger partial charge on any atom is -0.495 e. The predicted molar refractivity (Wildman–Crippen MR) is 119 cm³/mol. The molecule has 4 rings (SSSR count). The van der Waals surface area contributed by atoms with Crippen LogP contribution >= 0.6 is 0 Å². The lowest BCUT2D eigenvalue weighted by molar-refractivity contribution is -0.129. The Kier molecular flexibility index (Phi) is 6.31. The molecule has 1 aliphatic heterocycles. The molecule has 0 atom stereocenters. The minimum atomic E-state index is 0.139. The number of nitrogens with one attached hydrogen (secondary N) is 1. The molecule has 1 fully saturated rings. The monoisotopic (exact) mass is 418 g/mol. The molecule has 3 aromatic rings. The van der Waals surface area contributed by atoms with E-state index in [-0.39, 0.29) is 5.91 Å². The molecule has 2 aromatic heterocycles. The summed E-state index contributed by atoms with van der Waals surface area (Å²) in [6.07, 6.45) is 5.25. The molecule has 1 aromatic carbocycles. The number of benzene rings is 1. The number of ether oxygens (including phenoxy) is 2. The van der Waals surface area contributed by atoms with Crippen LogP contribution < -0.4 is 14.8 Å². The molecule has 3 heterocycles. The molecule has 7 heteroatoms. The van der Waals surface area contributed by atoms with Crippen LogP contribution in [-0.4, -0.2) is 41.0 Å². The van der Waals surface area contributed by atoms with Crippen LogP contribution in [0.25, 0.3) is 0 Å². The third-order valence-electron chi connectivity index (χ3n) is 5.49. The predicted octanol–water partition coefficient (Wildman–Crippen LogP) is 4.75. The van der Waals surface area contributed by atoms with E-state index < -0.39 is 0 Å². The Labute approximate surface area is 182 Å². The molecule has 0 bridgehead atoms. The number of rotatable bonds is 6. The summed E-state index contributed by atoms with van der Waals surface area (Å²) < 4.78 is 11.3. The standard InChI is InChI=1S/C24H26N4O3/c1-17(29)28-14-11-18(12-15-28)22-4-3-13-25-24(22)31-20-7-5-19(6-8-20)27-23-10-9-21(30-2)16-26-23/h3-10,13,16,18H,11-12,14-15H2,1-2H3,(H,26,27). The second-order valence-corrected chi connectivity index (χ2v) is 7.51. The van der Waals surface area contributed by atoms with Gasteiger partial charge in [-0.3, -0.25) is 4.79 Å². The van der Waals surface area contributed by atoms with Gasteiger partial charge in [-0.25, -0.2) is 9.97 Å². The van der Waals surface area contributed by atoms with Crippen molar-refractivity contribution in [2.45, 2.75) is 25.7 Å². The number of likely N-dealkylation sites (tertiary alicyclic amines) is 1. The molecule has 1 N–H and O–H groups in total. The van der Waals surface area contributed by atoms with Gasteiger partial charge in [0.25, 0.3) is 0 Å². The molecule has 7 nitrogen and oxygen atoms in total. The van der Waals surface area contributed by atoms with Crippen molar-refractivity contribution < 1.29 is 14.3 Å². The summed E-state index contributed by atoms with van der Waals surface area (Å²) >= 11 is 0. The highest BCUT2D eigenvalue weighted by Crippen LogP contribution is 2.35. The quantitative estimate of drug-likeness (QED) is 0.623. The lowest BCUT2D eigenvalue weighted by atomic mass is 9.90. The number of amides is 1. The van der Waals surface area contributed by atoms with Crippen LogP contribution in [-0.2, 0) is 4.79 Å². The van der Waals surface area contributed by atoms with Gasteiger partial charge in [-0.05, 0) is 61.2 Å². The van der Waals surface area contributed by atoms with Gasteiger partial charge in [0.05, 0.1) is 13.3 Å². The van der Waals surface area contributed by atoms with E-state index in [0.717, 1.165) is 48.7 Å². The Balaban J connectivity index is 1.42. The van der Waals surface area contributed by atoms with Crippen molar-refractivity contribution in [1.82, 2.24) is 14.9 Å². The van der Waals surface area contributed by atoms with E-state index in [2.05, 4.69) is 21.4 Å². The third-order valence-corrected chi connectivity index (χ3v) is 5.49. The van der Waals surface area contributed by atoms with Gasteiger partial charge in [-0.2, -0.15) is 0 Å². The zero-order valence-electron chi connectivity index (χ0n) is 17.7. The van der Waals surface area contributed by atoms with Gasteiger partial charge in [0.2, 0.25) is 11.8 Å². The fourth-order valence-corrected chi connectivity index (χ4v) is 3.75. The number of aromatic nitrogens is 2. The number of pyridine rings is 2. The van der Waals surface area contributed by atoms with E-state index in [1.165, 1.54) is 0 Å². The van der Waals surface area contributed by atoms with Crippen LogP contribution in [0.4, 0.5) is 11.5 Å². The van der Waals surface area contributed by atoms with E-state index in [9.17, 15) is 4.79 Å². The van der Waals surface area contributed by atoms with Crippen LogP contribution in [0.1, 0.15) is 31.2 Å². The summed E-state index contributed by atoms with van der Waals surface area (Å²) in [5, 5.41) is 3.25. The lowest BCUT2D eigenvalue weighted by Gasteiger charge is -2.31. The van der Waals surface area contributed by atoms with Gasteiger partial charge in [0, 0.05) is 37.5 Å². The minimum absolute atomic E-state index is 0.139. The molecule has 0 spiro atoms. The fraction of sp³-hybridized carbons (Fsp3) is 0.292. The number of nitrogens with zero attached hydrogens (tertiary/aromatic N) is 3. The summed E-state index contributed by atoms with van der Waals surface area (Å²) in [4.78, 5) is 22.3. The number of hydrogen-bond donors (Lipinski definition) is 1. The Morgan fingerprint density at radius 2 is 1.77 bits per heavy atom. The Hall–Kier alpha value is -3.61. The van der Waals surface area contributed by atoms with Crippen LogP contribution in [0.2, 0.25) is 0 Å². The van der Waals surface area contributed by atoms with Crippen molar-refractivity contribution in [1.29, 1.82) is 0 Å². The highest BCUT2D eigenvalue weighted by molar-refractivity contribution is 5.73. The van der Waals surface area contributed by atoms with Crippen molar-refractivity contribution >= 4 is 17.4 Å². The van der Waals surface area contributed by atoms with Crippen LogP contribution in [0.15, 0.2) is 60.9 Å². The smallest absolute Gasteiger partial charge is 0.222 e. The van der Waals surface area contributed by atoms with E-state index in [0.29, 0.717) is 17.5 Å². The van der Waals surface area contributed by atoms with Crippen LogP contribution in [0, 0.1) is 0 Å². The van der Waals surface area contributed by atoms with Crippen LogP contribution in [0.3, 0.4) is 0 Å². The molecule has 31 heavy (non-hydrogen) atoms. The van der Waals surface area contributed by atoms with E-state index >= 15 is 0 Å². The highest BCUT2D eigenvalue weighted by atomic mass is 16.5. The number of carbonyl (C=O) groups excluding carboxylic acids is 1. The third kappa shape index (κ3) is 5.12. The van der Waals surface area contributed by atoms with Crippen molar-refractivity contribution in [3.8, 4) is 17.4 Å². The van der Waals surface area contributed by atoms with Gasteiger partial charge in [-0.15, -0.1) is 0 Å².